The number of hydrogen-bond acceptors (Lipinski definition) is 4. The Kier molecular flexibility index (Phi) is 6.68. The van der Waals surface area contributed by atoms with Gasteiger partial charge in [0.25, 0.3) is 5.91 Å². The van der Waals surface area contributed by atoms with Crippen molar-refractivity contribution >= 4 is 22.5 Å². The van der Waals surface area contributed by atoms with E-state index in [4.69, 9.17) is 5.21 Å². The van der Waals surface area contributed by atoms with Crippen LogP contribution in [0.1, 0.15) is 25.7 Å². The van der Waals surface area contributed by atoms with Crippen LogP contribution in [-0.4, -0.2) is 33.4 Å². The second kappa shape index (κ2) is 9.39. The number of nitrogens with zero attached hydrogens (tertiary/aromatic N) is 1. The molecular weight excluding hydrogens is 354 g/mol. The molecule has 0 aliphatic rings. The lowest BCUT2D eigenvalue weighted by Crippen LogP contribution is -2.31. The number of carbonyl (C=O) groups excluding carboxylic acids is 1. The lowest BCUT2D eigenvalue weighted by Gasteiger charge is -2.09. The Hall–Kier alpha value is -2.83. The van der Waals surface area contributed by atoms with Crippen molar-refractivity contribution in [1.82, 2.24) is 10.0 Å². The van der Waals surface area contributed by atoms with Gasteiger partial charge in [-0.3, -0.25) is 10.0 Å². The molecule has 0 saturated carbocycles. The van der Waals surface area contributed by atoms with Crippen molar-refractivity contribution in [3.05, 3.63) is 54.7 Å². The summed E-state index contributed by atoms with van der Waals surface area (Å²) in [6, 6.07) is 17.0. The monoisotopic (exact) mass is 381 g/mol. The molecule has 1 heterocycles. The largest absolute Gasteiger partial charge is 0.385 e. The molecule has 1 amide bonds. The molecule has 6 heteroatoms. The Balaban J connectivity index is 1.45. The molecule has 1 atom stereocenters. The summed E-state index contributed by atoms with van der Waals surface area (Å²) in [5.41, 5.74) is 6.16. The summed E-state index contributed by atoms with van der Waals surface area (Å²) in [6.07, 6.45) is 3.87. The van der Waals surface area contributed by atoms with Crippen LogP contribution in [0.4, 0.5) is 5.69 Å². The number of amides is 1. The third kappa shape index (κ3) is 4.91. The summed E-state index contributed by atoms with van der Waals surface area (Å²) in [4.78, 5) is 11.0. The van der Waals surface area contributed by atoms with Crippen molar-refractivity contribution in [3.8, 4) is 11.1 Å². The lowest BCUT2D eigenvalue weighted by atomic mass is 10.0. The van der Waals surface area contributed by atoms with Gasteiger partial charge in [0.15, 0.2) is 0 Å². The predicted octanol–water partition coefficient (Wildman–Crippen LogP) is 3.68. The maximum absolute atomic E-state index is 11.0. The Morgan fingerprint density at radius 1 is 1.04 bits per heavy atom. The number of benzene rings is 2. The molecule has 0 aliphatic carbocycles. The van der Waals surface area contributed by atoms with Crippen molar-refractivity contribution in [2.75, 3.05) is 11.9 Å². The zero-order chi connectivity index (χ0) is 19.9. The van der Waals surface area contributed by atoms with Gasteiger partial charge < -0.3 is 15.0 Å². The van der Waals surface area contributed by atoms with Crippen molar-refractivity contribution in [3.63, 3.8) is 0 Å². The van der Waals surface area contributed by atoms with Gasteiger partial charge in [-0.15, -0.1) is 0 Å². The van der Waals surface area contributed by atoms with E-state index < -0.39 is 12.0 Å². The Morgan fingerprint density at radius 2 is 1.79 bits per heavy atom. The quantitative estimate of drug-likeness (QED) is 0.259. The molecular formula is C22H27N3O3. The first kappa shape index (κ1) is 19.9. The summed E-state index contributed by atoms with van der Waals surface area (Å²) in [5.74, 6) is -0.746. The fourth-order valence-electron chi connectivity index (χ4n) is 3.32. The van der Waals surface area contributed by atoms with Crippen LogP contribution < -0.4 is 10.8 Å². The minimum Gasteiger partial charge on any atom is -0.385 e. The highest BCUT2D eigenvalue weighted by Crippen LogP contribution is 2.26. The molecule has 6 nitrogen and oxygen atoms in total. The van der Waals surface area contributed by atoms with Crippen molar-refractivity contribution in [2.45, 2.75) is 31.8 Å². The Morgan fingerprint density at radius 3 is 2.54 bits per heavy atom. The van der Waals surface area contributed by atoms with E-state index in [0.29, 0.717) is 6.42 Å². The number of hydrogen-bond donors (Lipinski definition) is 4. The van der Waals surface area contributed by atoms with Gasteiger partial charge in [-0.1, -0.05) is 31.0 Å². The second-order valence-electron chi connectivity index (χ2n) is 7.05. The van der Waals surface area contributed by atoms with Crippen LogP contribution >= 0.6 is 0 Å². The summed E-state index contributed by atoms with van der Waals surface area (Å²) in [5, 5.41) is 22.5. The van der Waals surface area contributed by atoms with Gasteiger partial charge >= 0.3 is 0 Å². The van der Waals surface area contributed by atoms with Crippen LogP contribution in [0.5, 0.6) is 0 Å². The molecule has 0 fully saturated rings. The Bertz CT molecular complexity index is 918. The maximum Gasteiger partial charge on any atom is 0.272 e. The number of aliphatic hydroxyl groups is 1. The number of aromatic nitrogens is 1. The molecule has 4 N–H and O–H groups in total. The van der Waals surface area contributed by atoms with E-state index in [9.17, 15) is 9.90 Å². The van der Waals surface area contributed by atoms with E-state index in [1.54, 1.807) is 0 Å². The second-order valence-corrected chi connectivity index (χ2v) is 7.05. The van der Waals surface area contributed by atoms with Gasteiger partial charge in [0.05, 0.1) is 0 Å². The maximum atomic E-state index is 11.0. The minimum atomic E-state index is -1.14. The van der Waals surface area contributed by atoms with E-state index in [-0.39, 0.29) is 0 Å². The molecule has 0 aliphatic heterocycles. The van der Waals surface area contributed by atoms with Crippen molar-refractivity contribution in [2.24, 2.45) is 7.05 Å². The molecule has 28 heavy (non-hydrogen) atoms. The zero-order valence-corrected chi connectivity index (χ0v) is 16.1. The van der Waals surface area contributed by atoms with E-state index in [1.807, 2.05) is 0 Å². The summed E-state index contributed by atoms with van der Waals surface area (Å²) >= 11 is 0. The van der Waals surface area contributed by atoms with Gasteiger partial charge in [0, 0.05) is 36.4 Å². The smallest absolute Gasteiger partial charge is 0.272 e. The number of carbonyl (C=O) groups is 1. The van der Waals surface area contributed by atoms with Crippen LogP contribution in [0, 0.1) is 0 Å². The van der Waals surface area contributed by atoms with Gasteiger partial charge in [-0.2, -0.15) is 0 Å². The zero-order valence-electron chi connectivity index (χ0n) is 16.1. The first-order valence-electron chi connectivity index (χ1n) is 9.60. The first-order chi connectivity index (χ1) is 13.6. The minimum absolute atomic E-state index is 0.354. The summed E-state index contributed by atoms with van der Waals surface area (Å²) in [6.45, 7) is 0.831. The van der Waals surface area contributed by atoms with Crippen LogP contribution in [0.2, 0.25) is 0 Å². The summed E-state index contributed by atoms with van der Waals surface area (Å²) < 4.78 is 2.12. The molecule has 0 spiro atoms. The fourth-order valence-corrected chi connectivity index (χ4v) is 3.32. The van der Waals surface area contributed by atoms with E-state index in [0.717, 1.165) is 31.5 Å². The number of fused-ring (bicyclic) bond motifs is 1. The standard InChI is InChI=1S/C22H27N3O3/c1-25-14-12-18-15-17(8-11-20(18)25)16-6-9-19(10-7-16)23-13-4-2-3-5-21(26)22(27)24-28/h6-12,14-15,21,23,26,28H,2-5,13H2,1H3,(H,24,27). The molecule has 1 unspecified atom stereocenters. The predicted molar refractivity (Wildman–Crippen MR) is 111 cm³/mol. The molecule has 148 valence electrons. The number of rotatable bonds is 9. The van der Waals surface area contributed by atoms with Crippen LogP contribution in [0.15, 0.2) is 54.7 Å². The highest BCUT2D eigenvalue weighted by atomic mass is 16.5. The highest BCUT2D eigenvalue weighted by Gasteiger charge is 2.12. The van der Waals surface area contributed by atoms with Crippen molar-refractivity contribution in [1.29, 1.82) is 0 Å². The molecule has 3 rings (SSSR count). The fraction of sp³-hybridized carbons (Fsp3) is 0.318. The first-order valence-corrected chi connectivity index (χ1v) is 9.60. The molecule has 2 aromatic carbocycles. The van der Waals surface area contributed by atoms with E-state index >= 15 is 0 Å². The molecule has 0 radical (unpaired) electrons. The van der Waals surface area contributed by atoms with E-state index in [2.05, 4.69) is 71.7 Å². The van der Waals surface area contributed by atoms with Gasteiger partial charge in [-0.05, 0) is 54.3 Å². The normalized spacial score (nSPS) is 12.1. The van der Waals surface area contributed by atoms with Crippen molar-refractivity contribution < 1.29 is 15.1 Å². The number of aryl methyl sites for hydroxylation is 1. The average molecular weight is 381 g/mol. The van der Waals surface area contributed by atoms with Gasteiger partial charge in [0.1, 0.15) is 6.10 Å². The van der Waals surface area contributed by atoms with E-state index in [1.165, 1.54) is 27.5 Å². The number of nitrogens with one attached hydrogen (secondary N) is 2. The number of unbranched alkanes of at least 4 members (excludes halogenated alkanes) is 2. The summed E-state index contributed by atoms with van der Waals surface area (Å²) in [7, 11) is 2.05. The van der Waals surface area contributed by atoms with Crippen LogP contribution in [0.25, 0.3) is 22.0 Å². The molecule has 1 aromatic heterocycles. The third-order valence-electron chi connectivity index (χ3n) is 5.00. The Labute approximate surface area is 164 Å². The average Bonchev–Trinajstić information content (AvgIpc) is 3.10. The van der Waals surface area contributed by atoms with Gasteiger partial charge in [0.2, 0.25) is 0 Å². The van der Waals surface area contributed by atoms with Gasteiger partial charge in [-0.25, -0.2) is 5.48 Å². The third-order valence-corrected chi connectivity index (χ3v) is 5.00. The number of aliphatic hydroxyl groups excluding tert-OH is 1. The molecule has 0 bridgehead atoms. The topological polar surface area (TPSA) is 86.5 Å². The number of anilines is 1. The highest BCUT2D eigenvalue weighted by molar-refractivity contribution is 5.85. The molecule has 3 aromatic rings. The lowest BCUT2D eigenvalue weighted by molar-refractivity contribution is -0.138. The van der Waals surface area contributed by atoms with Crippen LogP contribution in [0.3, 0.4) is 0 Å². The SMILES string of the molecule is Cn1ccc2cc(-c3ccc(NCCCCCC(O)C(=O)NO)cc3)ccc21. The molecule has 0 saturated heterocycles. The number of hydroxylamine groups is 1. The van der Waals surface area contributed by atoms with Crippen LogP contribution in [-0.2, 0) is 11.8 Å².